The molecule has 2 aliphatic rings. The van der Waals surface area contributed by atoms with Gasteiger partial charge in [-0.25, -0.2) is 16.8 Å². The van der Waals surface area contributed by atoms with Crippen LogP contribution >= 0.6 is 0 Å². The summed E-state index contributed by atoms with van der Waals surface area (Å²) in [4.78, 5) is 23.8. The molecule has 6 rings (SSSR count). The van der Waals surface area contributed by atoms with Crippen LogP contribution in [0.5, 0.6) is 0 Å². The standard InChI is InChI=1S/C34H26N4O8S2.2Na/c1-19-15-23(17-29(47(41,42)43)31(19)35-37-33-25-9-5-3-7-21(25)11-13-27(33)39)24-16-20(2)32(30(18-24)48(44,45)46)36-38-34-26-10-6-4-8-22(26)12-14-28(34)40;;/h3-18,35-36H,1-2H3,(H,41,42,43)(H,44,45,46);;/q;2*+1/p-2/b37-33+,38-34+;;. The van der Waals surface area contributed by atoms with Crippen molar-refractivity contribution in [2.24, 2.45) is 10.2 Å². The first-order valence-electron chi connectivity index (χ1n) is 14.2. The predicted molar refractivity (Wildman–Crippen MR) is 179 cm³/mol. The summed E-state index contributed by atoms with van der Waals surface area (Å²) in [6.07, 6.45) is 5.90. The van der Waals surface area contributed by atoms with Crippen LogP contribution in [-0.2, 0) is 29.8 Å². The zero-order chi connectivity index (χ0) is 34.4. The van der Waals surface area contributed by atoms with Gasteiger partial charge in [0.2, 0.25) is 11.6 Å². The summed E-state index contributed by atoms with van der Waals surface area (Å²) in [5.41, 5.74) is 7.90. The Kier molecular flexibility index (Phi) is 12.1. The molecule has 0 atom stereocenters. The van der Waals surface area contributed by atoms with Crippen molar-refractivity contribution in [3.63, 3.8) is 0 Å². The summed E-state index contributed by atoms with van der Waals surface area (Å²) >= 11 is 0. The predicted octanol–water partition coefficient (Wildman–Crippen LogP) is -1.39. The Morgan fingerprint density at radius 1 is 0.560 bits per heavy atom. The Morgan fingerprint density at radius 3 is 1.28 bits per heavy atom. The van der Waals surface area contributed by atoms with Crippen molar-refractivity contribution >= 4 is 66.8 Å². The minimum atomic E-state index is -5.15. The number of carbonyl (C=O) groups is 2. The average molecular weight is 727 g/mol. The number of nitrogens with one attached hydrogen (secondary N) is 2. The fourth-order valence-corrected chi connectivity index (χ4v) is 6.90. The number of anilines is 2. The maximum atomic E-state index is 12.6. The molecule has 242 valence electrons. The van der Waals surface area contributed by atoms with Crippen molar-refractivity contribution in [2.75, 3.05) is 10.9 Å². The molecule has 0 amide bonds. The topological polar surface area (TPSA) is 197 Å². The fraction of sp³-hybridized carbons (Fsp3) is 0.0588. The molecule has 0 aromatic heterocycles. The molecule has 2 aliphatic carbocycles. The van der Waals surface area contributed by atoms with Crippen LogP contribution < -0.4 is 70.0 Å². The minimum Gasteiger partial charge on any atom is -0.744 e. The van der Waals surface area contributed by atoms with Gasteiger partial charge in [-0.2, -0.15) is 10.2 Å². The largest absolute Gasteiger partial charge is 1.00 e. The Balaban J connectivity index is 0.00000281. The molecule has 0 heterocycles. The molecule has 4 aromatic rings. The van der Waals surface area contributed by atoms with Gasteiger partial charge >= 0.3 is 59.1 Å². The van der Waals surface area contributed by atoms with Gasteiger partial charge in [0.1, 0.15) is 31.7 Å². The van der Waals surface area contributed by atoms with Gasteiger partial charge in [0.05, 0.1) is 21.2 Å². The zero-order valence-corrected chi connectivity index (χ0v) is 32.8. The van der Waals surface area contributed by atoms with E-state index in [2.05, 4.69) is 21.1 Å². The van der Waals surface area contributed by atoms with Gasteiger partial charge < -0.3 is 9.11 Å². The normalized spacial score (nSPS) is 15.2. The molecule has 0 saturated carbocycles. The van der Waals surface area contributed by atoms with E-state index in [0.717, 1.165) is 23.3 Å². The van der Waals surface area contributed by atoms with Crippen molar-refractivity contribution in [3.8, 4) is 11.1 Å². The number of aryl methyl sites for hydroxylation is 2. The number of nitrogens with zero attached hydrogens (tertiary/aromatic N) is 2. The zero-order valence-electron chi connectivity index (χ0n) is 27.2. The number of fused-ring (bicyclic) bond motifs is 2. The molecule has 2 N–H and O–H groups in total. The first-order valence-corrected chi connectivity index (χ1v) is 17.1. The number of carbonyl (C=O) groups excluding carboxylic acids is 2. The van der Waals surface area contributed by atoms with Crippen molar-refractivity contribution in [1.82, 2.24) is 0 Å². The van der Waals surface area contributed by atoms with Crippen LogP contribution in [-0.4, -0.2) is 48.9 Å². The second-order valence-corrected chi connectivity index (χ2v) is 13.7. The molecule has 0 spiro atoms. The third-order valence-corrected chi connectivity index (χ3v) is 9.48. The second-order valence-electron chi connectivity index (χ2n) is 11.0. The quantitative estimate of drug-likeness (QED) is 0.130. The molecule has 16 heteroatoms. The van der Waals surface area contributed by atoms with E-state index >= 15 is 0 Å². The van der Waals surface area contributed by atoms with Gasteiger partial charge in [-0.05, 0) is 83.6 Å². The van der Waals surface area contributed by atoms with E-state index in [-0.39, 0.29) is 104 Å². The Labute approximate surface area is 332 Å². The number of allylic oxidation sites excluding steroid dienone is 2. The van der Waals surface area contributed by atoms with E-state index in [1.165, 1.54) is 38.1 Å². The van der Waals surface area contributed by atoms with Gasteiger partial charge in [0.15, 0.2) is 0 Å². The van der Waals surface area contributed by atoms with Crippen molar-refractivity contribution in [1.29, 1.82) is 0 Å². The molecular weight excluding hydrogens is 703 g/mol. The van der Waals surface area contributed by atoms with E-state index in [1.807, 2.05) is 0 Å². The summed E-state index contributed by atoms with van der Waals surface area (Å²) < 4.78 is 74.9. The van der Waals surface area contributed by atoms with Crippen LogP contribution in [0.3, 0.4) is 0 Å². The summed E-state index contributed by atoms with van der Waals surface area (Å²) in [7, 11) is -10.3. The number of benzene rings is 4. The number of hydrazone groups is 2. The number of hydrogen-bond acceptors (Lipinski definition) is 12. The van der Waals surface area contributed by atoms with Crippen LogP contribution in [0.1, 0.15) is 33.4 Å². The third-order valence-electron chi connectivity index (χ3n) is 7.76. The van der Waals surface area contributed by atoms with Crippen LogP contribution in [0.2, 0.25) is 0 Å². The molecule has 0 fully saturated rings. The van der Waals surface area contributed by atoms with Crippen LogP contribution in [0.25, 0.3) is 23.3 Å². The van der Waals surface area contributed by atoms with E-state index in [1.54, 1.807) is 60.7 Å². The fourth-order valence-electron chi connectivity index (χ4n) is 5.45. The average Bonchev–Trinajstić information content (AvgIpc) is 3.03. The summed E-state index contributed by atoms with van der Waals surface area (Å²) in [6.45, 7) is 2.99. The van der Waals surface area contributed by atoms with E-state index in [4.69, 9.17) is 0 Å². The van der Waals surface area contributed by atoms with Crippen LogP contribution in [0.4, 0.5) is 11.4 Å². The van der Waals surface area contributed by atoms with E-state index in [0.29, 0.717) is 11.1 Å². The maximum absolute atomic E-state index is 12.6. The van der Waals surface area contributed by atoms with E-state index in [9.17, 15) is 35.5 Å². The SMILES string of the molecule is Cc1cc(-c2cc(C)c(N/N=C3/C(=O)C=Cc4ccccc43)c(S(=O)(=O)[O-])c2)cc(S(=O)(=O)[O-])c1N/N=C1/C(=O)C=Cc2ccccc21.[Na+].[Na+]. The van der Waals surface area contributed by atoms with Gasteiger partial charge in [-0.15, -0.1) is 0 Å². The molecule has 4 aromatic carbocycles. The maximum Gasteiger partial charge on any atom is 1.00 e. The molecule has 0 aliphatic heterocycles. The van der Waals surface area contributed by atoms with Gasteiger partial charge in [-0.1, -0.05) is 60.7 Å². The van der Waals surface area contributed by atoms with E-state index < -0.39 is 41.6 Å². The monoisotopic (exact) mass is 726 g/mol. The van der Waals surface area contributed by atoms with Crippen LogP contribution in [0, 0.1) is 13.8 Å². The number of rotatable bonds is 7. The van der Waals surface area contributed by atoms with Crippen molar-refractivity contribution in [3.05, 3.63) is 118 Å². The summed E-state index contributed by atoms with van der Waals surface area (Å²) in [5.74, 6) is -0.868. The number of ketones is 2. The van der Waals surface area contributed by atoms with Gasteiger partial charge in [0, 0.05) is 11.1 Å². The molecular formula is C34H24N4Na2O8S2. The molecule has 50 heavy (non-hydrogen) atoms. The van der Waals surface area contributed by atoms with Gasteiger partial charge in [-0.3, -0.25) is 20.4 Å². The van der Waals surface area contributed by atoms with Crippen LogP contribution in [0.15, 0.2) is 105 Å². The second kappa shape index (κ2) is 15.4. The van der Waals surface area contributed by atoms with Gasteiger partial charge in [0.25, 0.3) is 0 Å². The first-order chi connectivity index (χ1) is 22.7. The molecule has 0 bridgehead atoms. The smallest absolute Gasteiger partial charge is 0.744 e. The Hall–Kier alpha value is -3.54. The van der Waals surface area contributed by atoms with Crippen molar-refractivity contribution in [2.45, 2.75) is 23.6 Å². The Bertz CT molecular complexity index is 2250. The summed E-state index contributed by atoms with van der Waals surface area (Å²) in [6, 6.07) is 18.9. The minimum absolute atomic E-state index is 0. The molecule has 0 unspecified atom stereocenters. The number of hydrogen-bond donors (Lipinski definition) is 2. The molecule has 0 radical (unpaired) electrons. The van der Waals surface area contributed by atoms with Crippen molar-refractivity contribution < 1.29 is 94.6 Å². The Morgan fingerprint density at radius 2 is 0.920 bits per heavy atom. The molecule has 0 saturated heterocycles. The first kappa shape index (κ1) is 39.2. The third kappa shape index (κ3) is 8.00. The molecule has 12 nitrogen and oxygen atoms in total. The summed E-state index contributed by atoms with van der Waals surface area (Å²) in [5, 5.41) is 8.31.